The fraction of sp³-hybridized carbons (Fsp3) is 0.500. The van der Waals surface area contributed by atoms with Crippen LogP contribution in [0.5, 0.6) is 0 Å². The van der Waals surface area contributed by atoms with Crippen LogP contribution < -0.4 is 0 Å². The van der Waals surface area contributed by atoms with Crippen molar-refractivity contribution in [3.63, 3.8) is 0 Å². The van der Waals surface area contributed by atoms with Gasteiger partial charge in [-0.25, -0.2) is 9.78 Å². The van der Waals surface area contributed by atoms with Gasteiger partial charge in [-0.2, -0.15) is 0 Å². The van der Waals surface area contributed by atoms with Crippen LogP contribution in [0.25, 0.3) is 0 Å². The third kappa shape index (κ3) is 1.71. The van der Waals surface area contributed by atoms with E-state index in [1.165, 1.54) is 4.57 Å². The standard InChI is InChI=1S/C10H12N2O4/c1-6-9(10(14)15)12(8(5-13)11-6)4-7-2-3-16-7/h5,7H,2-4H2,1H3,(H,14,15). The van der Waals surface area contributed by atoms with Gasteiger partial charge in [0.05, 0.1) is 18.3 Å². The summed E-state index contributed by atoms with van der Waals surface area (Å²) in [6.45, 7) is 2.64. The molecule has 0 saturated carbocycles. The number of hydrogen-bond acceptors (Lipinski definition) is 4. The van der Waals surface area contributed by atoms with Crippen molar-refractivity contribution in [3.05, 3.63) is 17.2 Å². The van der Waals surface area contributed by atoms with E-state index < -0.39 is 5.97 Å². The van der Waals surface area contributed by atoms with Crippen molar-refractivity contribution in [3.8, 4) is 0 Å². The number of aldehydes is 1. The molecule has 1 N–H and O–H groups in total. The molecule has 1 saturated heterocycles. The van der Waals surface area contributed by atoms with Gasteiger partial charge in [0.2, 0.25) is 0 Å². The maximum atomic E-state index is 11.0. The van der Waals surface area contributed by atoms with E-state index in [0.29, 0.717) is 25.1 Å². The monoisotopic (exact) mass is 224 g/mol. The second kappa shape index (κ2) is 4.05. The Balaban J connectivity index is 2.37. The van der Waals surface area contributed by atoms with Crippen molar-refractivity contribution in [2.24, 2.45) is 0 Å². The Hall–Kier alpha value is -1.69. The first kappa shape index (κ1) is 10.8. The molecule has 1 aromatic heterocycles. The number of hydrogen-bond donors (Lipinski definition) is 1. The summed E-state index contributed by atoms with van der Waals surface area (Å²) in [5, 5.41) is 9.04. The molecule has 0 aromatic carbocycles. The predicted molar refractivity (Wildman–Crippen MR) is 53.7 cm³/mol. The van der Waals surface area contributed by atoms with Crippen LogP contribution in [0.2, 0.25) is 0 Å². The van der Waals surface area contributed by atoms with E-state index in [0.717, 1.165) is 6.42 Å². The van der Waals surface area contributed by atoms with Gasteiger partial charge in [0.25, 0.3) is 0 Å². The van der Waals surface area contributed by atoms with E-state index in [4.69, 9.17) is 9.84 Å². The summed E-state index contributed by atoms with van der Waals surface area (Å²) in [6, 6.07) is 0. The second-order valence-electron chi connectivity index (χ2n) is 3.72. The van der Waals surface area contributed by atoms with Crippen LogP contribution >= 0.6 is 0 Å². The highest BCUT2D eigenvalue weighted by molar-refractivity contribution is 5.88. The Bertz CT molecular complexity index is 434. The molecule has 0 amide bonds. The molecule has 0 aliphatic carbocycles. The normalized spacial score (nSPS) is 19.2. The lowest BCUT2D eigenvalue weighted by Gasteiger charge is -2.27. The number of rotatable bonds is 4. The van der Waals surface area contributed by atoms with Gasteiger partial charge in [-0.15, -0.1) is 0 Å². The minimum atomic E-state index is -1.07. The number of carboxylic acids is 1. The zero-order valence-corrected chi connectivity index (χ0v) is 8.84. The second-order valence-corrected chi connectivity index (χ2v) is 3.72. The van der Waals surface area contributed by atoms with E-state index in [1.54, 1.807) is 6.92 Å². The number of carbonyl (C=O) groups is 2. The summed E-state index contributed by atoms with van der Waals surface area (Å²) in [4.78, 5) is 25.7. The van der Waals surface area contributed by atoms with Crippen molar-refractivity contribution >= 4 is 12.3 Å². The van der Waals surface area contributed by atoms with E-state index in [-0.39, 0.29) is 17.6 Å². The highest BCUT2D eigenvalue weighted by atomic mass is 16.5. The van der Waals surface area contributed by atoms with Crippen molar-refractivity contribution < 1.29 is 19.4 Å². The summed E-state index contributed by atoms with van der Waals surface area (Å²) >= 11 is 0. The van der Waals surface area contributed by atoms with Crippen LogP contribution in [0.3, 0.4) is 0 Å². The Kier molecular flexibility index (Phi) is 2.74. The molecule has 1 aliphatic rings. The summed E-state index contributed by atoms with van der Waals surface area (Å²) < 4.78 is 6.63. The summed E-state index contributed by atoms with van der Waals surface area (Å²) in [6.07, 6.45) is 1.44. The maximum Gasteiger partial charge on any atom is 0.354 e. The van der Waals surface area contributed by atoms with E-state index in [9.17, 15) is 9.59 Å². The molecule has 1 aromatic rings. The number of imidazole rings is 1. The molecule has 1 atom stereocenters. The number of nitrogens with zero attached hydrogens (tertiary/aromatic N) is 2. The molecule has 0 radical (unpaired) electrons. The Morgan fingerprint density at radius 3 is 2.88 bits per heavy atom. The van der Waals surface area contributed by atoms with Crippen molar-refractivity contribution in [1.82, 2.24) is 9.55 Å². The first-order valence-electron chi connectivity index (χ1n) is 5.00. The number of aryl methyl sites for hydroxylation is 1. The quantitative estimate of drug-likeness (QED) is 0.753. The molecule has 2 heterocycles. The third-order valence-corrected chi connectivity index (χ3v) is 2.66. The van der Waals surface area contributed by atoms with Crippen molar-refractivity contribution in [2.75, 3.05) is 6.61 Å². The molecule has 6 nitrogen and oxygen atoms in total. The molecule has 0 spiro atoms. The van der Waals surface area contributed by atoms with Gasteiger partial charge in [0, 0.05) is 6.61 Å². The number of aromatic carboxylic acids is 1. The van der Waals surface area contributed by atoms with Gasteiger partial charge in [-0.1, -0.05) is 0 Å². The number of carbonyl (C=O) groups excluding carboxylic acids is 1. The molecule has 1 fully saturated rings. The summed E-state index contributed by atoms with van der Waals surface area (Å²) in [7, 11) is 0. The molecular formula is C10H12N2O4. The zero-order valence-electron chi connectivity index (χ0n) is 8.84. The summed E-state index contributed by atoms with van der Waals surface area (Å²) in [5.41, 5.74) is 0.423. The average molecular weight is 224 g/mol. The lowest BCUT2D eigenvalue weighted by molar-refractivity contribution is -0.0596. The minimum absolute atomic E-state index is 0.00889. The van der Waals surface area contributed by atoms with E-state index in [2.05, 4.69) is 4.98 Å². The average Bonchev–Trinajstić information content (AvgIpc) is 2.48. The fourth-order valence-corrected chi connectivity index (χ4v) is 1.77. The van der Waals surface area contributed by atoms with Crippen LogP contribution in [-0.2, 0) is 11.3 Å². The predicted octanol–water partition coefficient (Wildman–Crippen LogP) is 0.491. The van der Waals surface area contributed by atoms with Crippen LogP contribution in [0, 0.1) is 6.92 Å². The van der Waals surface area contributed by atoms with Crippen LogP contribution in [0.1, 0.15) is 33.2 Å². The van der Waals surface area contributed by atoms with Gasteiger partial charge in [0.15, 0.2) is 17.8 Å². The van der Waals surface area contributed by atoms with Crippen LogP contribution in [-0.4, -0.2) is 39.6 Å². The summed E-state index contributed by atoms with van der Waals surface area (Å²) in [5.74, 6) is -0.928. The lowest BCUT2D eigenvalue weighted by Crippen LogP contribution is -2.32. The van der Waals surface area contributed by atoms with Gasteiger partial charge in [-0.3, -0.25) is 4.79 Å². The first-order valence-corrected chi connectivity index (χ1v) is 5.00. The SMILES string of the molecule is Cc1nc(C=O)n(CC2CCO2)c1C(=O)O. The molecule has 86 valence electrons. The topological polar surface area (TPSA) is 81.4 Å². The Morgan fingerprint density at radius 1 is 1.75 bits per heavy atom. The molecule has 1 unspecified atom stereocenters. The molecule has 1 aliphatic heterocycles. The third-order valence-electron chi connectivity index (χ3n) is 2.66. The molecular weight excluding hydrogens is 212 g/mol. The van der Waals surface area contributed by atoms with Crippen molar-refractivity contribution in [1.29, 1.82) is 0 Å². The zero-order chi connectivity index (χ0) is 11.7. The minimum Gasteiger partial charge on any atom is -0.477 e. The van der Waals surface area contributed by atoms with Gasteiger partial charge >= 0.3 is 5.97 Å². The smallest absolute Gasteiger partial charge is 0.354 e. The van der Waals surface area contributed by atoms with Gasteiger partial charge < -0.3 is 14.4 Å². The van der Waals surface area contributed by atoms with Crippen molar-refractivity contribution in [2.45, 2.75) is 26.0 Å². The van der Waals surface area contributed by atoms with Crippen LogP contribution in [0.15, 0.2) is 0 Å². The number of aromatic nitrogens is 2. The highest BCUT2D eigenvalue weighted by Crippen LogP contribution is 2.17. The van der Waals surface area contributed by atoms with E-state index >= 15 is 0 Å². The van der Waals surface area contributed by atoms with Crippen LogP contribution in [0.4, 0.5) is 0 Å². The van der Waals surface area contributed by atoms with E-state index in [1.807, 2.05) is 0 Å². The van der Waals surface area contributed by atoms with Gasteiger partial charge in [-0.05, 0) is 13.3 Å². The lowest BCUT2D eigenvalue weighted by atomic mass is 10.2. The number of carboxylic acid groups (broad SMARTS) is 1. The highest BCUT2D eigenvalue weighted by Gasteiger charge is 2.25. The Labute approximate surface area is 91.8 Å². The molecule has 16 heavy (non-hydrogen) atoms. The van der Waals surface area contributed by atoms with Gasteiger partial charge in [0.1, 0.15) is 0 Å². The Morgan fingerprint density at radius 2 is 2.44 bits per heavy atom. The first-order chi connectivity index (χ1) is 7.63. The largest absolute Gasteiger partial charge is 0.477 e. The molecule has 2 rings (SSSR count). The number of ether oxygens (including phenoxy) is 1. The maximum absolute atomic E-state index is 11.0. The molecule has 0 bridgehead atoms. The molecule has 6 heteroatoms. The fourth-order valence-electron chi connectivity index (χ4n) is 1.77.